The van der Waals surface area contributed by atoms with E-state index in [-0.39, 0.29) is 5.56 Å². The minimum atomic E-state index is -0.244. The second kappa shape index (κ2) is 7.73. The summed E-state index contributed by atoms with van der Waals surface area (Å²) in [6.45, 7) is 0. The highest BCUT2D eigenvalue weighted by molar-refractivity contribution is 7.15. The van der Waals surface area contributed by atoms with Crippen molar-refractivity contribution >= 4 is 34.0 Å². The van der Waals surface area contributed by atoms with Crippen molar-refractivity contribution in [2.75, 3.05) is 21.3 Å². The molecule has 2 aromatic carbocycles. The molecule has 0 atom stereocenters. The molecular formula is C20H16ClN3O4S. The molecule has 0 saturated carbocycles. The summed E-state index contributed by atoms with van der Waals surface area (Å²) in [5.74, 6) is 1.99. The lowest BCUT2D eigenvalue weighted by Crippen LogP contribution is -2.23. The van der Waals surface area contributed by atoms with E-state index in [1.807, 2.05) is 12.1 Å². The van der Waals surface area contributed by atoms with Crippen LogP contribution in [0.4, 0.5) is 0 Å². The summed E-state index contributed by atoms with van der Waals surface area (Å²) >= 11 is 7.17. The standard InChI is InChI=1S/C20H16ClN3O4S/c1-26-14-8-11(9-15(27-2)17(14)28-3)10-16-19(25)24-20(29-16)22-18(23-24)12-4-6-13(21)7-5-12/h4-10H,1-3H3/b16-10+. The molecule has 0 aliphatic rings. The first-order valence-corrected chi connectivity index (χ1v) is 9.70. The molecule has 0 amide bonds. The van der Waals surface area contributed by atoms with E-state index in [0.717, 1.165) is 11.1 Å². The van der Waals surface area contributed by atoms with Crippen LogP contribution >= 0.6 is 22.9 Å². The maximum absolute atomic E-state index is 12.8. The van der Waals surface area contributed by atoms with Crippen LogP contribution in [0.3, 0.4) is 0 Å². The summed E-state index contributed by atoms with van der Waals surface area (Å²) in [4.78, 5) is 17.8. The largest absolute Gasteiger partial charge is 0.493 e. The fourth-order valence-corrected chi connectivity index (χ4v) is 3.92. The first-order valence-electron chi connectivity index (χ1n) is 8.51. The van der Waals surface area contributed by atoms with Crippen LogP contribution in [0.5, 0.6) is 17.2 Å². The van der Waals surface area contributed by atoms with Crippen LogP contribution in [-0.2, 0) is 0 Å². The zero-order chi connectivity index (χ0) is 20.5. The number of rotatable bonds is 5. The maximum atomic E-state index is 12.8. The summed E-state index contributed by atoms with van der Waals surface area (Å²) in [6.07, 6.45) is 1.75. The number of nitrogens with zero attached hydrogens (tertiary/aromatic N) is 3. The fraction of sp³-hybridized carbons (Fsp3) is 0.150. The van der Waals surface area contributed by atoms with E-state index in [2.05, 4.69) is 10.1 Å². The summed E-state index contributed by atoms with van der Waals surface area (Å²) < 4.78 is 17.9. The maximum Gasteiger partial charge on any atom is 0.291 e. The molecule has 0 unspecified atom stereocenters. The Morgan fingerprint density at radius 3 is 2.24 bits per heavy atom. The number of thiazole rings is 1. The molecule has 0 bridgehead atoms. The fourth-order valence-electron chi connectivity index (χ4n) is 2.89. The second-order valence-corrected chi connectivity index (χ2v) is 7.46. The van der Waals surface area contributed by atoms with Gasteiger partial charge in [-0.1, -0.05) is 22.9 Å². The lowest BCUT2D eigenvalue weighted by Gasteiger charge is -2.12. The van der Waals surface area contributed by atoms with E-state index in [4.69, 9.17) is 25.8 Å². The molecule has 0 N–H and O–H groups in total. The van der Waals surface area contributed by atoms with E-state index in [1.165, 1.54) is 23.0 Å². The van der Waals surface area contributed by atoms with Gasteiger partial charge in [-0.15, -0.1) is 5.10 Å². The van der Waals surface area contributed by atoms with Gasteiger partial charge in [-0.3, -0.25) is 4.79 Å². The molecule has 148 valence electrons. The highest BCUT2D eigenvalue weighted by Gasteiger charge is 2.14. The van der Waals surface area contributed by atoms with Crippen molar-refractivity contribution in [3.8, 4) is 28.6 Å². The van der Waals surface area contributed by atoms with Gasteiger partial charge >= 0.3 is 0 Å². The van der Waals surface area contributed by atoms with Gasteiger partial charge in [-0.05, 0) is 48.0 Å². The zero-order valence-electron chi connectivity index (χ0n) is 15.8. The van der Waals surface area contributed by atoms with Crippen LogP contribution < -0.4 is 24.3 Å². The third-order valence-electron chi connectivity index (χ3n) is 4.27. The molecule has 9 heteroatoms. The highest BCUT2D eigenvalue weighted by Crippen LogP contribution is 2.38. The molecule has 0 saturated heterocycles. The summed E-state index contributed by atoms with van der Waals surface area (Å²) in [7, 11) is 4.63. The Bertz CT molecular complexity index is 1270. The van der Waals surface area contributed by atoms with E-state index >= 15 is 0 Å². The van der Waals surface area contributed by atoms with Crippen molar-refractivity contribution in [1.29, 1.82) is 0 Å². The molecule has 0 aliphatic carbocycles. The monoisotopic (exact) mass is 429 g/mol. The lowest BCUT2D eigenvalue weighted by molar-refractivity contribution is 0.324. The third kappa shape index (κ3) is 3.52. The Morgan fingerprint density at radius 2 is 1.69 bits per heavy atom. The molecule has 29 heavy (non-hydrogen) atoms. The van der Waals surface area contributed by atoms with Crippen molar-refractivity contribution in [3.05, 3.63) is 61.9 Å². The Morgan fingerprint density at radius 1 is 1.03 bits per heavy atom. The number of halogens is 1. The number of ether oxygens (including phenoxy) is 3. The van der Waals surface area contributed by atoms with E-state index in [9.17, 15) is 4.79 Å². The molecule has 4 rings (SSSR count). The molecule has 0 fully saturated rings. The van der Waals surface area contributed by atoms with Crippen molar-refractivity contribution in [2.24, 2.45) is 0 Å². The predicted octanol–water partition coefficient (Wildman–Crippen LogP) is 3.04. The van der Waals surface area contributed by atoms with Crippen LogP contribution in [0.1, 0.15) is 5.56 Å². The number of hydrogen-bond acceptors (Lipinski definition) is 7. The van der Waals surface area contributed by atoms with Gasteiger partial charge < -0.3 is 14.2 Å². The third-order valence-corrected chi connectivity index (χ3v) is 5.48. The molecule has 0 radical (unpaired) electrons. The molecule has 2 aromatic heterocycles. The first-order chi connectivity index (χ1) is 14.0. The summed E-state index contributed by atoms with van der Waals surface area (Å²) in [6, 6.07) is 10.7. The van der Waals surface area contributed by atoms with Gasteiger partial charge in [0, 0.05) is 10.6 Å². The van der Waals surface area contributed by atoms with Crippen LogP contribution in [0.15, 0.2) is 41.2 Å². The van der Waals surface area contributed by atoms with Crippen LogP contribution in [0, 0.1) is 0 Å². The molecule has 0 aliphatic heterocycles. The minimum Gasteiger partial charge on any atom is -0.493 e. The van der Waals surface area contributed by atoms with Crippen molar-refractivity contribution < 1.29 is 14.2 Å². The Kier molecular flexibility index (Phi) is 5.12. The SMILES string of the molecule is COc1cc(/C=c2/sc3nc(-c4ccc(Cl)cc4)nn3c2=O)cc(OC)c1OC. The van der Waals surface area contributed by atoms with Crippen molar-refractivity contribution in [1.82, 2.24) is 14.6 Å². The first kappa shape index (κ1) is 19.2. The quantitative estimate of drug-likeness (QED) is 0.485. The average Bonchev–Trinajstić information content (AvgIpc) is 3.27. The van der Waals surface area contributed by atoms with Gasteiger partial charge in [-0.25, -0.2) is 0 Å². The van der Waals surface area contributed by atoms with E-state index < -0.39 is 0 Å². The summed E-state index contributed by atoms with van der Waals surface area (Å²) in [5.41, 5.74) is 1.28. The molecule has 7 nitrogen and oxygen atoms in total. The van der Waals surface area contributed by atoms with Gasteiger partial charge in [0.1, 0.15) is 0 Å². The predicted molar refractivity (Wildman–Crippen MR) is 112 cm³/mol. The Labute approximate surface area is 174 Å². The van der Waals surface area contributed by atoms with Gasteiger partial charge in [0.05, 0.1) is 25.9 Å². The summed E-state index contributed by atoms with van der Waals surface area (Å²) in [5, 5.41) is 4.97. The minimum absolute atomic E-state index is 0.244. The van der Waals surface area contributed by atoms with Crippen LogP contribution in [0.2, 0.25) is 5.02 Å². The van der Waals surface area contributed by atoms with Crippen LogP contribution in [-0.4, -0.2) is 35.9 Å². The highest BCUT2D eigenvalue weighted by atomic mass is 35.5. The Balaban J connectivity index is 1.80. The number of aromatic nitrogens is 3. The van der Waals surface area contributed by atoms with Gasteiger partial charge in [0.15, 0.2) is 17.3 Å². The van der Waals surface area contributed by atoms with Gasteiger partial charge in [0.2, 0.25) is 10.7 Å². The topological polar surface area (TPSA) is 75.0 Å². The molecule has 4 aromatic rings. The number of hydrogen-bond donors (Lipinski definition) is 0. The van der Waals surface area contributed by atoms with Crippen molar-refractivity contribution in [2.45, 2.75) is 0 Å². The number of fused-ring (bicyclic) bond motifs is 1. The molecule has 0 spiro atoms. The van der Waals surface area contributed by atoms with E-state index in [1.54, 1.807) is 44.6 Å². The lowest BCUT2D eigenvalue weighted by atomic mass is 10.1. The van der Waals surface area contributed by atoms with Crippen LogP contribution in [0.25, 0.3) is 22.4 Å². The molecule has 2 heterocycles. The average molecular weight is 430 g/mol. The van der Waals surface area contributed by atoms with E-state index in [0.29, 0.717) is 37.6 Å². The van der Waals surface area contributed by atoms with Crippen molar-refractivity contribution in [3.63, 3.8) is 0 Å². The Hall–Kier alpha value is -3.10. The zero-order valence-corrected chi connectivity index (χ0v) is 17.4. The molecular weight excluding hydrogens is 414 g/mol. The number of methoxy groups -OCH3 is 3. The number of benzene rings is 2. The second-order valence-electron chi connectivity index (χ2n) is 6.01. The van der Waals surface area contributed by atoms with Gasteiger partial charge in [-0.2, -0.15) is 9.50 Å². The van der Waals surface area contributed by atoms with Gasteiger partial charge in [0.25, 0.3) is 5.56 Å². The smallest absolute Gasteiger partial charge is 0.291 e. The normalized spacial score (nSPS) is 11.8.